The second kappa shape index (κ2) is 7.22. The van der Waals surface area contributed by atoms with Gasteiger partial charge in [0.2, 0.25) is 0 Å². The van der Waals surface area contributed by atoms with Crippen molar-refractivity contribution < 1.29 is 24.0 Å². The summed E-state index contributed by atoms with van der Waals surface area (Å²) in [7, 11) is 0. The monoisotopic (exact) mass is 313 g/mol. The third kappa shape index (κ3) is 5.75. The molecular formula is C16H27NO5. The van der Waals surface area contributed by atoms with E-state index in [9.17, 15) is 14.4 Å². The van der Waals surface area contributed by atoms with Gasteiger partial charge in [0, 0.05) is 12.8 Å². The Labute approximate surface area is 132 Å². The van der Waals surface area contributed by atoms with Crippen LogP contribution in [0.5, 0.6) is 0 Å². The molecule has 0 spiro atoms. The van der Waals surface area contributed by atoms with Gasteiger partial charge < -0.3 is 9.57 Å². The van der Waals surface area contributed by atoms with Gasteiger partial charge in [-0.1, -0.05) is 34.6 Å². The highest BCUT2D eigenvalue weighted by Crippen LogP contribution is 2.25. The molecule has 6 nitrogen and oxygen atoms in total. The standard InChI is InChI=1S/C16H27NO5/c1-6-15(2,3)10-21-11-16(4,5)9-14(20)22-17-12(18)7-8-13(17)19/h6-11H2,1-5H3. The highest BCUT2D eigenvalue weighted by atomic mass is 16.7. The van der Waals surface area contributed by atoms with Gasteiger partial charge in [-0.05, 0) is 17.3 Å². The average molecular weight is 313 g/mol. The van der Waals surface area contributed by atoms with E-state index in [2.05, 4.69) is 20.8 Å². The van der Waals surface area contributed by atoms with Gasteiger partial charge in [0.1, 0.15) is 0 Å². The number of hydrogen-bond acceptors (Lipinski definition) is 5. The Morgan fingerprint density at radius 2 is 1.55 bits per heavy atom. The van der Waals surface area contributed by atoms with Gasteiger partial charge in [0.05, 0.1) is 19.6 Å². The Morgan fingerprint density at radius 3 is 2.05 bits per heavy atom. The van der Waals surface area contributed by atoms with Crippen molar-refractivity contribution in [3.8, 4) is 0 Å². The summed E-state index contributed by atoms with van der Waals surface area (Å²) in [5.41, 5.74) is -0.322. The summed E-state index contributed by atoms with van der Waals surface area (Å²) < 4.78 is 5.71. The fourth-order valence-electron chi connectivity index (χ4n) is 1.94. The lowest BCUT2D eigenvalue weighted by atomic mass is 9.89. The molecule has 6 heteroatoms. The number of ether oxygens (including phenoxy) is 1. The van der Waals surface area contributed by atoms with Crippen LogP contribution >= 0.6 is 0 Å². The van der Waals surface area contributed by atoms with Crippen LogP contribution in [0.1, 0.15) is 60.3 Å². The molecule has 1 rings (SSSR count). The van der Waals surface area contributed by atoms with Gasteiger partial charge in [-0.3, -0.25) is 9.59 Å². The number of carbonyl (C=O) groups is 3. The quantitative estimate of drug-likeness (QED) is 0.644. The predicted molar refractivity (Wildman–Crippen MR) is 80.5 cm³/mol. The number of nitrogens with zero attached hydrogens (tertiary/aromatic N) is 1. The van der Waals surface area contributed by atoms with Crippen molar-refractivity contribution >= 4 is 17.8 Å². The van der Waals surface area contributed by atoms with Crippen molar-refractivity contribution in [3.05, 3.63) is 0 Å². The minimum atomic E-state index is -0.591. The molecule has 0 radical (unpaired) electrons. The molecule has 0 aromatic rings. The van der Waals surface area contributed by atoms with Crippen LogP contribution in [0.4, 0.5) is 0 Å². The van der Waals surface area contributed by atoms with E-state index in [0.717, 1.165) is 6.42 Å². The van der Waals surface area contributed by atoms with E-state index in [1.54, 1.807) is 0 Å². The fraction of sp³-hybridized carbons (Fsp3) is 0.812. The molecule has 0 N–H and O–H groups in total. The third-order valence-electron chi connectivity index (χ3n) is 3.76. The van der Waals surface area contributed by atoms with Gasteiger partial charge in [-0.2, -0.15) is 0 Å². The Balaban J connectivity index is 2.41. The Bertz CT molecular complexity index is 426. The fourth-order valence-corrected chi connectivity index (χ4v) is 1.94. The van der Waals surface area contributed by atoms with Crippen molar-refractivity contribution in [3.63, 3.8) is 0 Å². The number of carbonyl (C=O) groups excluding carboxylic acids is 3. The zero-order valence-electron chi connectivity index (χ0n) is 14.2. The van der Waals surface area contributed by atoms with Crippen molar-refractivity contribution in [1.29, 1.82) is 0 Å². The molecule has 1 aliphatic heterocycles. The van der Waals surface area contributed by atoms with Crippen molar-refractivity contribution in [2.45, 2.75) is 60.3 Å². The first-order valence-electron chi connectivity index (χ1n) is 7.71. The molecule has 0 saturated carbocycles. The summed E-state index contributed by atoms with van der Waals surface area (Å²) in [4.78, 5) is 39.6. The molecular weight excluding hydrogens is 286 g/mol. The highest BCUT2D eigenvalue weighted by Gasteiger charge is 2.34. The Hall–Kier alpha value is -1.43. The number of hydrogen-bond donors (Lipinski definition) is 0. The van der Waals surface area contributed by atoms with E-state index >= 15 is 0 Å². The van der Waals surface area contributed by atoms with Crippen molar-refractivity contribution in [2.75, 3.05) is 13.2 Å². The lowest BCUT2D eigenvalue weighted by Gasteiger charge is -2.28. The minimum absolute atomic E-state index is 0.0800. The summed E-state index contributed by atoms with van der Waals surface area (Å²) in [6, 6.07) is 0. The first kappa shape index (κ1) is 18.6. The summed E-state index contributed by atoms with van der Waals surface area (Å²) >= 11 is 0. The molecule has 22 heavy (non-hydrogen) atoms. The van der Waals surface area contributed by atoms with Crippen LogP contribution in [-0.4, -0.2) is 36.1 Å². The second-order valence-electron chi connectivity index (χ2n) is 7.40. The molecule has 0 aromatic carbocycles. The summed E-state index contributed by atoms with van der Waals surface area (Å²) in [5.74, 6) is -1.51. The van der Waals surface area contributed by atoms with E-state index in [4.69, 9.17) is 9.57 Å². The number of hydroxylamine groups is 2. The second-order valence-corrected chi connectivity index (χ2v) is 7.40. The predicted octanol–water partition coefficient (Wildman–Crippen LogP) is 2.46. The maximum atomic E-state index is 11.9. The number of rotatable bonds is 8. The number of imide groups is 1. The van der Waals surface area contributed by atoms with E-state index in [1.807, 2.05) is 13.8 Å². The smallest absolute Gasteiger partial charge is 0.333 e. The first-order chi connectivity index (χ1) is 10.1. The Morgan fingerprint density at radius 1 is 1.05 bits per heavy atom. The maximum Gasteiger partial charge on any atom is 0.333 e. The SMILES string of the molecule is CCC(C)(C)COCC(C)(C)CC(=O)ON1C(=O)CCC1=O. The third-order valence-corrected chi connectivity index (χ3v) is 3.76. The van der Waals surface area contributed by atoms with Gasteiger partial charge in [-0.15, -0.1) is 5.06 Å². The molecule has 0 atom stereocenters. The lowest BCUT2D eigenvalue weighted by molar-refractivity contribution is -0.199. The van der Waals surface area contributed by atoms with Crippen LogP contribution in [0.15, 0.2) is 0 Å². The molecule has 0 aromatic heterocycles. The largest absolute Gasteiger partial charge is 0.380 e. The van der Waals surface area contributed by atoms with Gasteiger partial charge in [0.15, 0.2) is 0 Å². The lowest BCUT2D eigenvalue weighted by Crippen LogP contribution is -2.34. The van der Waals surface area contributed by atoms with E-state index < -0.39 is 23.2 Å². The van der Waals surface area contributed by atoms with Gasteiger partial charge >= 0.3 is 5.97 Å². The number of amides is 2. The molecule has 0 aliphatic carbocycles. The normalized spacial score (nSPS) is 16.3. The van der Waals surface area contributed by atoms with Crippen molar-refractivity contribution in [2.24, 2.45) is 10.8 Å². The topological polar surface area (TPSA) is 72.9 Å². The average Bonchev–Trinajstić information content (AvgIpc) is 2.69. The summed E-state index contributed by atoms with van der Waals surface area (Å²) in [6.45, 7) is 11.2. The van der Waals surface area contributed by atoms with Gasteiger partial charge in [0.25, 0.3) is 11.8 Å². The van der Waals surface area contributed by atoms with Crippen LogP contribution in [0.25, 0.3) is 0 Å². The van der Waals surface area contributed by atoms with E-state index in [-0.39, 0.29) is 24.7 Å². The molecule has 0 unspecified atom stereocenters. The molecule has 2 amide bonds. The van der Waals surface area contributed by atoms with Crippen LogP contribution < -0.4 is 0 Å². The zero-order chi connectivity index (χ0) is 17.0. The molecule has 1 saturated heterocycles. The molecule has 0 bridgehead atoms. The van der Waals surface area contributed by atoms with Crippen LogP contribution in [0, 0.1) is 10.8 Å². The molecule has 1 aliphatic rings. The van der Waals surface area contributed by atoms with Crippen LogP contribution in [0.2, 0.25) is 0 Å². The van der Waals surface area contributed by atoms with E-state index in [0.29, 0.717) is 18.3 Å². The molecule has 1 heterocycles. The minimum Gasteiger partial charge on any atom is -0.380 e. The molecule has 1 fully saturated rings. The van der Waals surface area contributed by atoms with Gasteiger partial charge in [-0.25, -0.2) is 4.79 Å². The maximum absolute atomic E-state index is 11.9. The highest BCUT2D eigenvalue weighted by molar-refractivity contribution is 6.01. The summed E-state index contributed by atoms with van der Waals surface area (Å²) in [6.07, 6.45) is 1.29. The van der Waals surface area contributed by atoms with Crippen LogP contribution in [0.3, 0.4) is 0 Å². The summed E-state index contributed by atoms with van der Waals surface area (Å²) in [5, 5.41) is 0.583. The molecule has 126 valence electrons. The van der Waals surface area contributed by atoms with Crippen LogP contribution in [-0.2, 0) is 24.0 Å². The van der Waals surface area contributed by atoms with E-state index in [1.165, 1.54) is 0 Å². The first-order valence-corrected chi connectivity index (χ1v) is 7.71. The van der Waals surface area contributed by atoms with Crippen molar-refractivity contribution in [1.82, 2.24) is 5.06 Å². The zero-order valence-corrected chi connectivity index (χ0v) is 14.2. The Kier molecular flexibility index (Phi) is 6.11.